The van der Waals surface area contributed by atoms with Gasteiger partial charge in [0, 0.05) is 15.6 Å². The van der Waals surface area contributed by atoms with Crippen molar-refractivity contribution in [2.75, 3.05) is 5.73 Å². The molecule has 0 bridgehead atoms. The quantitative estimate of drug-likeness (QED) is 0.697. The molecule has 0 fully saturated rings. The first-order chi connectivity index (χ1) is 8.72. The summed E-state index contributed by atoms with van der Waals surface area (Å²) < 4.78 is 2.18. The Morgan fingerprint density at radius 3 is 2.78 bits per heavy atom. The van der Waals surface area contributed by atoms with E-state index in [0.717, 1.165) is 14.8 Å². The summed E-state index contributed by atoms with van der Waals surface area (Å²) in [5, 5.41) is 0.654. The van der Waals surface area contributed by atoms with E-state index in [0.29, 0.717) is 10.7 Å². The number of hydrogen-bond donors (Lipinski definition) is 1. The van der Waals surface area contributed by atoms with E-state index in [4.69, 9.17) is 17.3 Å². The van der Waals surface area contributed by atoms with Crippen LogP contribution in [0.4, 0.5) is 5.69 Å². The predicted molar refractivity (Wildman–Crippen MR) is 79.6 cm³/mol. The van der Waals surface area contributed by atoms with Gasteiger partial charge in [-0.2, -0.15) is 0 Å². The van der Waals surface area contributed by atoms with E-state index in [1.165, 1.54) is 4.70 Å². The van der Waals surface area contributed by atoms with Crippen molar-refractivity contribution in [1.82, 2.24) is 4.98 Å². The number of thiazole rings is 1. The first kappa shape index (κ1) is 11.8. The van der Waals surface area contributed by atoms with Gasteiger partial charge in [-0.1, -0.05) is 35.5 Å². The third kappa shape index (κ3) is 2.32. The topological polar surface area (TPSA) is 38.9 Å². The number of aromatic nitrogens is 1. The summed E-state index contributed by atoms with van der Waals surface area (Å²) in [4.78, 5) is 5.55. The van der Waals surface area contributed by atoms with Crippen molar-refractivity contribution in [1.29, 1.82) is 0 Å². The van der Waals surface area contributed by atoms with Gasteiger partial charge < -0.3 is 5.73 Å². The molecule has 90 valence electrons. The third-order valence-corrected chi connectivity index (χ3v) is 4.87. The zero-order chi connectivity index (χ0) is 12.5. The second-order valence-corrected chi connectivity index (χ2v) is 6.49. The Balaban J connectivity index is 1.96. The molecule has 0 saturated carbocycles. The first-order valence-electron chi connectivity index (χ1n) is 5.31. The minimum Gasteiger partial charge on any atom is -0.398 e. The maximum absolute atomic E-state index is 5.94. The van der Waals surface area contributed by atoms with Crippen LogP contribution in [0.2, 0.25) is 5.02 Å². The summed E-state index contributed by atoms with van der Waals surface area (Å²) in [7, 11) is 0. The Kier molecular flexibility index (Phi) is 3.16. The molecule has 0 atom stereocenters. The SMILES string of the molecule is Nc1cc(Cl)ccc1Sc1nc2ccccc2s1. The van der Waals surface area contributed by atoms with Gasteiger partial charge in [0.1, 0.15) is 0 Å². The summed E-state index contributed by atoms with van der Waals surface area (Å²) >= 11 is 9.12. The number of para-hydroxylation sites is 1. The summed E-state index contributed by atoms with van der Waals surface area (Å²) in [5.41, 5.74) is 7.65. The van der Waals surface area contributed by atoms with Crippen LogP contribution < -0.4 is 5.73 Å². The van der Waals surface area contributed by atoms with Gasteiger partial charge in [0.2, 0.25) is 0 Å². The van der Waals surface area contributed by atoms with Gasteiger partial charge in [0.15, 0.2) is 4.34 Å². The molecule has 3 aromatic rings. The molecule has 2 N–H and O–H groups in total. The van der Waals surface area contributed by atoms with Gasteiger partial charge in [-0.3, -0.25) is 0 Å². The minimum absolute atomic E-state index is 0.654. The summed E-state index contributed by atoms with van der Waals surface area (Å²) in [6, 6.07) is 13.6. The van der Waals surface area contributed by atoms with Crippen LogP contribution in [0.15, 0.2) is 51.7 Å². The molecule has 0 spiro atoms. The zero-order valence-electron chi connectivity index (χ0n) is 9.26. The van der Waals surface area contributed by atoms with Crippen molar-refractivity contribution in [3.63, 3.8) is 0 Å². The Morgan fingerprint density at radius 1 is 1.17 bits per heavy atom. The minimum atomic E-state index is 0.654. The highest BCUT2D eigenvalue weighted by atomic mass is 35.5. The van der Waals surface area contributed by atoms with Gasteiger partial charge in [-0.15, -0.1) is 11.3 Å². The van der Waals surface area contributed by atoms with Crippen LogP contribution in [-0.4, -0.2) is 4.98 Å². The molecule has 0 saturated heterocycles. The van der Waals surface area contributed by atoms with E-state index in [-0.39, 0.29) is 0 Å². The van der Waals surface area contributed by atoms with Crippen molar-refractivity contribution < 1.29 is 0 Å². The van der Waals surface area contributed by atoms with E-state index in [2.05, 4.69) is 11.1 Å². The number of hydrogen-bond acceptors (Lipinski definition) is 4. The molecule has 0 amide bonds. The van der Waals surface area contributed by atoms with Gasteiger partial charge in [-0.05, 0) is 30.3 Å². The molecule has 18 heavy (non-hydrogen) atoms. The standard InChI is InChI=1S/C13H9ClN2S2/c14-8-5-6-11(9(15)7-8)17-13-16-10-3-1-2-4-12(10)18-13/h1-7H,15H2. The lowest BCUT2D eigenvalue weighted by Crippen LogP contribution is -1.87. The lowest BCUT2D eigenvalue weighted by molar-refractivity contribution is 1.29. The van der Waals surface area contributed by atoms with Crippen LogP contribution in [0.25, 0.3) is 10.2 Å². The van der Waals surface area contributed by atoms with E-state index >= 15 is 0 Å². The number of nitrogens with two attached hydrogens (primary N) is 1. The summed E-state index contributed by atoms with van der Waals surface area (Å²) in [5.74, 6) is 0. The Labute approximate surface area is 118 Å². The van der Waals surface area contributed by atoms with Crippen LogP contribution >= 0.6 is 34.7 Å². The molecular formula is C13H9ClN2S2. The van der Waals surface area contributed by atoms with Crippen LogP contribution in [0.1, 0.15) is 0 Å². The summed E-state index contributed by atoms with van der Waals surface area (Å²) in [6.45, 7) is 0. The highest BCUT2D eigenvalue weighted by Gasteiger charge is 2.07. The number of fused-ring (bicyclic) bond motifs is 1. The van der Waals surface area contributed by atoms with Crippen LogP contribution in [-0.2, 0) is 0 Å². The fraction of sp³-hybridized carbons (Fsp3) is 0. The molecule has 0 aliphatic heterocycles. The average molecular weight is 293 g/mol. The Bertz CT molecular complexity index is 676. The number of anilines is 1. The molecule has 0 unspecified atom stereocenters. The van der Waals surface area contributed by atoms with E-state index in [1.807, 2.05) is 30.3 Å². The predicted octanol–water partition coefficient (Wildman–Crippen LogP) is 4.68. The molecule has 1 aromatic heterocycles. The van der Waals surface area contributed by atoms with E-state index < -0.39 is 0 Å². The maximum Gasteiger partial charge on any atom is 0.155 e. The van der Waals surface area contributed by atoms with E-state index in [9.17, 15) is 0 Å². The number of nitrogens with zero attached hydrogens (tertiary/aromatic N) is 1. The Hall–Kier alpha value is -1.23. The van der Waals surface area contributed by atoms with Crippen LogP contribution in [0, 0.1) is 0 Å². The molecule has 2 aromatic carbocycles. The highest BCUT2D eigenvalue weighted by molar-refractivity contribution is 8.01. The van der Waals surface area contributed by atoms with Gasteiger partial charge in [0.25, 0.3) is 0 Å². The fourth-order valence-corrected chi connectivity index (χ4v) is 3.83. The van der Waals surface area contributed by atoms with Crippen molar-refractivity contribution in [2.24, 2.45) is 0 Å². The number of benzene rings is 2. The fourth-order valence-electron chi connectivity index (χ4n) is 1.60. The van der Waals surface area contributed by atoms with Gasteiger partial charge in [-0.25, -0.2) is 4.98 Å². The number of halogens is 1. The lowest BCUT2D eigenvalue weighted by Gasteiger charge is -2.02. The van der Waals surface area contributed by atoms with Crippen molar-refractivity contribution in [2.45, 2.75) is 9.24 Å². The maximum atomic E-state index is 5.94. The second kappa shape index (κ2) is 4.80. The average Bonchev–Trinajstić information content (AvgIpc) is 2.75. The molecule has 2 nitrogen and oxygen atoms in total. The first-order valence-corrected chi connectivity index (χ1v) is 7.32. The van der Waals surface area contributed by atoms with Crippen LogP contribution in [0.3, 0.4) is 0 Å². The molecule has 1 heterocycles. The third-order valence-electron chi connectivity index (χ3n) is 2.44. The number of nitrogen functional groups attached to an aromatic ring is 1. The van der Waals surface area contributed by atoms with Gasteiger partial charge in [0.05, 0.1) is 10.2 Å². The molecular weight excluding hydrogens is 284 g/mol. The molecule has 3 rings (SSSR count). The normalized spacial score (nSPS) is 10.9. The van der Waals surface area contributed by atoms with Crippen LogP contribution in [0.5, 0.6) is 0 Å². The monoisotopic (exact) mass is 292 g/mol. The highest BCUT2D eigenvalue weighted by Crippen LogP contribution is 2.37. The molecule has 5 heteroatoms. The lowest BCUT2D eigenvalue weighted by atomic mass is 10.3. The molecule has 0 aliphatic carbocycles. The largest absolute Gasteiger partial charge is 0.398 e. The second-order valence-electron chi connectivity index (χ2n) is 3.73. The molecule has 0 radical (unpaired) electrons. The molecule has 0 aliphatic rings. The van der Waals surface area contributed by atoms with Crippen molar-refractivity contribution >= 4 is 50.6 Å². The smallest absolute Gasteiger partial charge is 0.155 e. The van der Waals surface area contributed by atoms with Crippen molar-refractivity contribution in [3.8, 4) is 0 Å². The van der Waals surface area contributed by atoms with Gasteiger partial charge >= 0.3 is 0 Å². The zero-order valence-corrected chi connectivity index (χ0v) is 11.6. The van der Waals surface area contributed by atoms with Crippen molar-refractivity contribution in [3.05, 3.63) is 47.5 Å². The number of rotatable bonds is 2. The summed E-state index contributed by atoms with van der Waals surface area (Å²) in [6.07, 6.45) is 0. The van der Waals surface area contributed by atoms with E-state index in [1.54, 1.807) is 29.2 Å². The Morgan fingerprint density at radius 2 is 2.00 bits per heavy atom.